The van der Waals surface area contributed by atoms with Crippen molar-refractivity contribution >= 4 is 11.7 Å². The molecule has 0 spiro atoms. The Balaban J connectivity index is 1.81. The van der Waals surface area contributed by atoms with Gasteiger partial charge in [-0.15, -0.1) is 0 Å². The summed E-state index contributed by atoms with van der Waals surface area (Å²) in [6.07, 6.45) is 5.01. The third kappa shape index (κ3) is 2.06. The molecule has 1 saturated heterocycles. The predicted octanol–water partition coefficient (Wildman–Crippen LogP) is 1.38. The number of likely N-dealkylation sites (tertiary alicyclic amines) is 1. The molecular formula is C13H17FN4O. The van der Waals surface area contributed by atoms with Gasteiger partial charge in [0.25, 0.3) is 5.91 Å². The summed E-state index contributed by atoms with van der Waals surface area (Å²) >= 11 is 0. The highest BCUT2D eigenvalue weighted by molar-refractivity contribution is 5.95. The number of hydrogen-bond donors (Lipinski definition) is 2. The summed E-state index contributed by atoms with van der Waals surface area (Å²) in [5.74, 6) is 5.34. The van der Waals surface area contributed by atoms with Crippen molar-refractivity contribution < 1.29 is 9.18 Å². The van der Waals surface area contributed by atoms with Crippen molar-refractivity contribution in [3.05, 3.63) is 23.6 Å². The van der Waals surface area contributed by atoms with Gasteiger partial charge in [0.1, 0.15) is 0 Å². The van der Waals surface area contributed by atoms with E-state index < -0.39 is 5.82 Å². The van der Waals surface area contributed by atoms with E-state index in [2.05, 4.69) is 10.4 Å². The van der Waals surface area contributed by atoms with E-state index in [0.29, 0.717) is 11.8 Å². The number of pyridine rings is 1. The minimum atomic E-state index is -0.674. The number of hydrazine groups is 1. The highest BCUT2D eigenvalue weighted by Gasteiger charge is 2.38. The molecule has 1 aromatic heterocycles. The Bertz CT molecular complexity index is 495. The summed E-state index contributed by atoms with van der Waals surface area (Å²) in [6.45, 7) is 1.49. The number of fused-ring (bicyclic) bond motifs is 1. The number of nitrogens with two attached hydrogens (primary N) is 1. The van der Waals surface area contributed by atoms with Crippen molar-refractivity contribution in [3.63, 3.8) is 0 Å². The van der Waals surface area contributed by atoms with Crippen molar-refractivity contribution in [2.75, 3.05) is 18.5 Å². The maximum Gasteiger partial charge on any atom is 0.257 e. The zero-order valence-electron chi connectivity index (χ0n) is 10.6. The number of anilines is 1. The molecule has 19 heavy (non-hydrogen) atoms. The van der Waals surface area contributed by atoms with Crippen LogP contribution in [0.1, 0.15) is 29.6 Å². The van der Waals surface area contributed by atoms with Gasteiger partial charge in [-0.2, -0.15) is 0 Å². The molecule has 6 heteroatoms. The number of nitrogens with zero attached hydrogens (tertiary/aromatic N) is 2. The Morgan fingerprint density at radius 2 is 2.11 bits per heavy atom. The van der Waals surface area contributed by atoms with Crippen LogP contribution in [-0.2, 0) is 0 Å². The van der Waals surface area contributed by atoms with E-state index in [1.54, 1.807) is 4.90 Å². The minimum absolute atomic E-state index is 0.0444. The van der Waals surface area contributed by atoms with Crippen molar-refractivity contribution in [1.82, 2.24) is 9.88 Å². The molecule has 1 aliphatic carbocycles. The highest BCUT2D eigenvalue weighted by Crippen LogP contribution is 2.38. The number of hydrogen-bond acceptors (Lipinski definition) is 4. The lowest BCUT2D eigenvalue weighted by Crippen LogP contribution is -2.30. The zero-order chi connectivity index (χ0) is 13.4. The maximum atomic E-state index is 14.0. The van der Waals surface area contributed by atoms with E-state index in [-0.39, 0.29) is 17.3 Å². The molecule has 1 amide bonds. The topological polar surface area (TPSA) is 71.2 Å². The SMILES string of the molecule is NNc1nccc(C(=O)N2CC3CCCC3C2)c1F. The van der Waals surface area contributed by atoms with Gasteiger partial charge in [-0.25, -0.2) is 15.2 Å². The fourth-order valence-corrected chi connectivity index (χ4v) is 3.28. The maximum absolute atomic E-state index is 14.0. The van der Waals surface area contributed by atoms with Gasteiger partial charge in [0.05, 0.1) is 5.56 Å². The molecule has 102 valence electrons. The predicted molar refractivity (Wildman–Crippen MR) is 68.7 cm³/mol. The fourth-order valence-electron chi connectivity index (χ4n) is 3.28. The zero-order valence-corrected chi connectivity index (χ0v) is 10.6. The first-order valence-corrected chi connectivity index (χ1v) is 6.61. The molecule has 5 nitrogen and oxygen atoms in total. The van der Waals surface area contributed by atoms with Crippen LogP contribution < -0.4 is 11.3 Å². The Labute approximate surface area is 111 Å². The smallest absolute Gasteiger partial charge is 0.257 e. The molecule has 3 rings (SSSR count). The molecule has 0 aromatic carbocycles. The molecule has 2 fully saturated rings. The van der Waals surface area contributed by atoms with Gasteiger partial charge in [0.15, 0.2) is 11.6 Å². The second-order valence-electron chi connectivity index (χ2n) is 5.33. The van der Waals surface area contributed by atoms with E-state index in [4.69, 9.17) is 5.84 Å². The lowest BCUT2D eigenvalue weighted by Gasteiger charge is -2.18. The first kappa shape index (κ1) is 12.3. The number of amides is 1. The van der Waals surface area contributed by atoms with E-state index in [9.17, 15) is 9.18 Å². The molecule has 2 unspecified atom stereocenters. The lowest BCUT2D eigenvalue weighted by molar-refractivity contribution is 0.0776. The molecule has 2 atom stereocenters. The number of carbonyl (C=O) groups excluding carboxylic acids is 1. The van der Waals surface area contributed by atoms with E-state index in [0.717, 1.165) is 13.1 Å². The molecule has 2 aliphatic rings. The van der Waals surface area contributed by atoms with Gasteiger partial charge in [-0.05, 0) is 30.7 Å². The number of halogens is 1. The third-order valence-corrected chi connectivity index (χ3v) is 4.27. The van der Waals surface area contributed by atoms with Crippen LogP contribution in [0, 0.1) is 17.7 Å². The second-order valence-corrected chi connectivity index (χ2v) is 5.33. The Kier molecular flexibility index (Phi) is 3.10. The first-order chi connectivity index (χ1) is 9.20. The molecule has 0 radical (unpaired) electrons. The summed E-state index contributed by atoms with van der Waals surface area (Å²) in [7, 11) is 0. The van der Waals surface area contributed by atoms with Gasteiger partial charge in [-0.1, -0.05) is 6.42 Å². The number of aromatic nitrogens is 1. The molecule has 0 bridgehead atoms. The van der Waals surface area contributed by atoms with Gasteiger partial charge in [0.2, 0.25) is 0 Å². The third-order valence-electron chi connectivity index (χ3n) is 4.27. The first-order valence-electron chi connectivity index (χ1n) is 6.61. The van der Waals surface area contributed by atoms with E-state index in [1.165, 1.54) is 31.5 Å². The van der Waals surface area contributed by atoms with Crippen LogP contribution in [-0.4, -0.2) is 28.9 Å². The molecule has 2 heterocycles. The molecule has 1 aliphatic heterocycles. The quantitative estimate of drug-likeness (QED) is 0.625. The van der Waals surface area contributed by atoms with Crippen LogP contribution in [0.2, 0.25) is 0 Å². The average molecular weight is 264 g/mol. The molecule has 3 N–H and O–H groups in total. The number of carbonyl (C=O) groups is 1. The van der Waals surface area contributed by atoms with Gasteiger partial charge < -0.3 is 10.3 Å². The monoisotopic (exact) mass is 264 g/mol. The van der Waals surface area contributed by atoms with Crippen molar-refractivity contribution in [3.8, 4) is 0 Å². The van der Waals surface area contributed by atoms with Crippen molar-refractivity contribution in [2.45, 2.75) is 19.3 Å². The second kappa shape index (κ2) is 4.77. The van der Waals surface area contributed by atoms with Crippen LogP contribution in [0.25, 0.3) is 0 Å². The number of nitrogen functional groups attached to an aromatic ring is 1. The van der Waals surface area contributed by atoms with Crippen molar-refractivity contribution in [1.29, 1.82) is 0 Å². The largest absolute Gasteiger partial charge is 0.338 e. The van der Waals surface area contributed by atoms with Gasteiger partial charge in [-0.3, -0.25) is 4.79 Å². The normalized spacial score (nSPS) is 25.5. The summed E-state index contributed by atoms with van der Waals surface area (Å²) in [4.78, 5) is 17.9. The summed E-state index contributed by atoms with van der Waals surface area (Å²) in [5.41, 5.74) is 2.21. The Hall–Kier alpha value is -1.69. The summed E-state index contributed by atoms with van der Waals surface area (Å²) < 4.78 is 14.0. The van der Waals surface area contributed by atoms with Crippen LogP contribution >= 0.6 is 0 Å². The highest BCUT2D eigenvalue weighted by atomic mass is 19.1. The van der Waals surface area contributed by atoms with Crippen molar-refractivity contribution in [2.24, 2.45) is 17.7 Å². The summed E-state index contributed by atoms with van der Waals surface area (Å²) in [5, 5.41) is 0. The molecule has 1 saturated carbocycles. The summed E-state index contributed by atoms with van der Waals surface area (Å²) in [6, 6.07) is 1.41. The number of nitrogens with one attached hydrogen (secondary N) is 1. The number of rotatable bonds is 2. The van der Waals surface area contributed by atoms with E-state index >= 15 is 0 Å². The van der Waals surface area contributed by atoms with E-state index in [1.807, 2.05) is 0 Å². The Morgan fingerprint density at radius 1 is 1.42 bits per heavy atom. The average Bonchev–Trinajstić information content (AvgIpc) is 2.99. The van der Waals surface area contributed by atoms with Gasteiger partial charge >= 0.3 is 0 Å². The van der Waals surface area contributed by atoms with Crippen LogP contribution in [0.4, 0.5) is 10.2 Å². The molecule has 1 aromatic rings. The molecular weight excluding hydrogens is 247 g/mol. The standard InChI is InChI=1S/C13H17FN4O/c14-11-10(4-5-16-12(11)17-15)13(19)18-6-8-2-1-3-9(8)7-18/h4-5,8-9H,1-3,6-7,15H2,(H,16,17). The van der Waals surface area contributed by atoms with Crippen LogP contribution in [0.15, 0.2) is 12.3 Å². The Morgan fingerprint density at radius 3 is 2.74 bits per heavy atom. The van der Waals surface area contributed by atoms with Gasteiger partial charge in [0, 0.05) is 19.3 Å². The lowest BCUT2D eigenvalue weighted by atomic mass is 10.0. The minimum Gasteiger partial charge on any atom is -0.338 e. The fraction of sp³-hybridized carbons (Fsp3) is 0.538. The van der Waals surface area contributed by atoms with Crippen LogP contribution in [0.5, 0.6) is 0 Å². The van der Waals surface area contributed by atoms with Crippen LogP contribution in [0.3, 0.4) is 0 Å².